The molecule has 2 saturated heterocycles. The van der Waals surface area contributed by atoms with Crippen molar-refractivity contribution in [3.8, 4) is 0 Å². The highest BCUT2D eigenvalue weighted by atomic mass is 35.5. The number of carbonyl (C=O) groups is 2. The average Bonchev–Trinajstić information content (AvgIpc) is 3.01. The Morgan fingerprint density at radius 1 is 1.25 bits per heavy atom. The normalized spacial score (nSPS) is 24.0. The molecule has 3 rings (SSSR count). The summed E-state index contributed by atoms with van der Waals surface area (Å²) in [5.74, 6) is 0.155. The third-order valence-corrected chi connectivity index (χ3v) is 5.37. The van der Waals surface area contributed by atoms with Gasteiger partial charge in [-0.3, -0.25) is 9.59 Å². The number of carbonyl (C=O) groups excluding carboxylic acids is 2. The van der Waals surface area contributed by atoms with Crippen molar-refractivity contribution in [2.45, 2.75) is 19.3 Å². The van der Waals surface area contributed by atoms with Crippen molar-refractivity contribution in [2.75, 3.05) is 39.9 Å². The lowest BCUT2D eigenvalue weighted by molar-refractivity contribution is -0.146. The summed E-state index contributed by atoms with van der Waals surface area (Å²) in [5, 5.41) is 0.612. The molecule has 24 heavy (non-hydrogen) atoms. The number of methoxy groups -OCH3 is 1. The molecule has 0 aliphatic carbocycles. The minimum atomic E-state index is -0.409. The molecular formula is C18H23ClN2O3. The summed E-state index contributed by atoms with van der Waals surface area (Å²) in [5.41, 5.74) is 0.213. The van der Waals surface area contributed by atoms with Gasteiger partial charge >= 0.3 is 0 Å². The van der Waals surface area contributed by atoms with Gasteiger partial charge in [0.05, 0.1) is 12.0 Å². The van der Waals surface area contributed by atoms with Crippen molar-refractivity contribution < 1.29 is 14.3 Å². The van der Waals surface area contributed by atoms with Crippen LogP contribution in [0.15, 0.2) is 24.3 Å². The lowest BCUT2D eigenvalue weighted by Crippen LogP contribution is -2.51. The van der Waals surface area contributed by atoms with Crippen LogP contribution in [0.4, 0.5) is 0 Å². The van der Waals surface area contributed by atoms with E-state index in [0.29, 0.717) is 36.8 Å². The molecule has 0 aromatic heterocycles. The second-order valence-corrected chi connectivity index (χ2v) is 7.09. The molecule has 0 radical (unpaired) electrons. The Kier molecular flexibility index (Phi) is 5.11. The van der Waals surface area contributed by atoms with Crippen LogP contribution in [0.25, 0.3) is 0 Å². The van der Waals surface area contributed by atoms with Gasteiger partial charge in [-0.1, -0.05) is 11.6 Å². The summed E-state index contributed by atoms with van der Waals surface area (Å²) < 4.78 is 5.10. The standard InChI is InChI=1S/C18H23ClN2O3/c1-24-12-11-20-9-2-7-18(17(20)23)8-10-21(13-18)16(22)14-3-5-15(19)6-4-14/h3-6H,2,7-13H2,1H3. The first-order chi connectivity index (χ1) is 11.6. The van der Waals surface area contributed by atoms with Crippen LogP contribution in [0.1, 0.15) is 29.6 Å². The molecule has 0 saturated carbocycles. The number of piperidine rings is 1. The van der Waals surface area contributed by atoms with Gasteiger partial charge < -0.3 is 14.5 Å². The SMILES string of the molecule is COCCN1CCCC2(CCN(C(=O)c3ccc(Cl)cc3)C2)C1=O. The number of nitrogens with zero attached hydrogens (tertiary/aromatic N) is 2. The fourth-order valence-electron chi connectivity index (χ4n) is 3.77. The van der Waals surface area contributed by atoms with E-state index in [0.717, 1.165) is 25.8 Å². The van der Waals surface area contributed by atoms with Crippen LogP contribution in [-0.4, -0.2) is 61.5 Å². The fraction of sp³-hybridized carbons (Fsp3) is 0.556. The lowest BCUT2D eigenvalue weighted by Gasteiger charge is -2.39. The summed E-state index contributed by atoms with van der Waals surface area (Å²) in [6.45, 7) is 3.11. The van der Waals surface area contributed by atoms with E-state index in [4.69, 9.17) is 16.3 Å². The molecule has 1 aromatic carbocycles. The maximum atomic E-state index is 12.9. The molecule has 1 spiro atoms. The molecule has 1 unspecified atom stereocenters. The van der Waals surface area contributed by atoms with Gasteiger partial charge in [-0.25, -0.2) is 0 Å². The van der Waals surface area contributed by atoms with E-state index in [-0.39, 0.29) is 11.8 Å². The molecule has 1 aromatic rings. The topological polar surface area (TPSA) is 49.9 Å². The van der Waals surface area contributed by atoms with Gasteiger partial charge in [0.1, 0.15) is 0 Å². The van der Waals surface area contributed by atoms with Gasteiger partial charge in [0.25, 0.3) is 5.91 Å². The van der Waals surface area contributed by atoms with Gasteiger partial charge in [-0.2, -0.15) is 0 Å². The predicted octanol–water partition coefficient (Wildman–Crippen LogP) is 2.44. The van der Waals surface area contributed by atoms with Crippen LogP contribution in [0.3, 0.4) is 0 Å². The van der Waals surface area contributed by atoms with E-state index >= 15 is 0 Å². The molecule has 6 heteroatoms. The zero-order chi connectivity index (χ0) is 17.2. The maximum absolute atomic E-state index is 12.9. The van der Waals surface area contributed by atoms with E-state index in [2.05, 4.69) is 0 Å². The molecule has 0 bridgehead atoms. The molecule has 2 fully saturated rings. The minimum absolute atomic E-state index is 0.0228. The number of benzene rings is 1. The molecule has 130 valence electrons. The monoisotopic (exact) mass is 350 g/mol. The van der Waals surface area contributed by atoms with Crippen molar-refractivity contribution in [3.63, 3.8) is 0 Å². The largest absolute Gasteiger partial charge is 0.383 e. The number of hydrogen-bond donors (Lipinski definition) is 0. The number of halogens is 1. The van der Waals surface area contributed by atoms with Gasteiger partial charge in [0, 0.05) is 43.9 Å². The van der Waals surface area contributed by atoms with Crippen LogP contribution in [0, 0.1) is 5.41 Å². The van der Waals surface area contributed by atoms with Crippen molar-refractivity contribution >= 4 is 23.4 Å². The Balaban J connectivity index is 1.70. The second-order valence-electron chi connectivity index (χ2n) is 6.65. The number of likely N-dealkylation sites (tertiary alicyclic amines) is 2. The minimum Gasteiger partial charge on any atom is -0.383 e. The van der Waals surface area contributed by atoms with E-state index in [1.165, 1.54) is 0 Å². The van der Waals surface area contributed by atoms with Crippen molar-refractivity contribution in [1.82, 2.24) is 9.80 Å². The Hall–Kier alpha value is -1.59. The van der Waals surface area contributed by atoms with Crippen LogP contribution in [0.2, 0.25) is 5.02 Å². The zero-order valence-electron chi connectivity index (χ0n) is 14.0. The maximum Gasteiger partial charge on any atom is 0.253 e. The Labute approximate surface area is 147 Å². The number of ether oxygens (including phenoxy) is 1. The summed E-state index contributed by atoms with van der Waals surface area (Å²) in [6.07, 6.45) is 2.59. The summed E-state index contributed by atoms with van der Waals surface area (Å²) >= 11 is 5.88. The van der Waals surface area contributed by atoms with Gasteiger partial charge in [0.2, 0.25) is 5.91 Å². The van der Waals surface area contributed by atoms with Crippen LogP contribution < -0.4 is 0 Å². The highest BCUT2D eigenvalue weighted by molar-refractivity contribution is 6.30. The molecular weight excluding hydrogens is 328 g/mol. The van der Waals surface area contributed by atoms with Crippen LogP contribution >= 0.6 is 11.6 Å². The highest BCUT2D eigenvalue weighted by Crippen LogP contribution is 2.40. The van der Waals surface area contributed by atoms with Gasteiger partial charge in [-0.05, 0) is 43.5 Å². The first kappa shape index (κ1) is 17.2. The van der Waals surface area contributed by atoms with Crippen molar-refractivity contribution in [1.29, 1.82) is 0 Å². The van der Waals surface area contributed by atoms with Crippen molar-refractivity contribution in [2.24, 2.45) is 5.41 Å². The Morgan fingerprint density at radius 3 is 2.71 bits per heavy atom. The van der Waals surface area contributed by atoms with Crippen molar-refractivity contribution in [3.05, 3.63) is 34.9 Å². The smallest absolute Gasteiger partial charge is 0.253 e. The molecule has 5 nitrogen and oxygen atoms in total. The van der Waals surface area contributed by atoms with E-state index in [1.807, 2.05) is 4.90 Å². The van der Waals surface area contributed by atoms with E-state index in [9.17, 15) is 9.59 Å². The lowest BCUT2D eigenvalue weighted by atomic mass is 9.78. The first-order valence-electron chi connectivity index (χ1n) is 8.39. The quantitative estimate of drug-likeness (QED) is 0.838. The Bertz CT molecular complexity index is 619. The highest BCUT2D eigenvalue weighted by Gasteiger charge is 2.49. The average molecular weight is 351 g/mol. The zero-order valence-corrected chi connectivity index (χ0v) is 14.7. The molecule has 1 atom stereocenters. The number of rotatable bonds is 4. The van der Waals surface area contributed by atoms with Gasteiger partial charge in [0.15, 0.2) is 0 Å². The molecule has 2 aliphatic rings. The van der Waals surface area contributed by atoms with Crippen LogP contribution in [0.5, 0.6) is 0 Å². The number of amides is 2. The second kappa shape index (κ2) is 7.11. The molecule has 2 amide bonds. The molecule has 2 heterocycles. The third-order valence-electron chi connectivity index (χ3n) is 5.12. The first-order valence-corrected chi connectivity index (χ1v) is 8.77. The molecule has 0 N–H and O–H groups in total. The third kappa shape index (κ3) is 3.28. The number of hydrogen-bond acceptors (Lipinski definition) is 3. The van der Waals surface area contributed by atoms with E-state index < -0.39 is 5.41 Å². The molecule has 2 aliphatic heterocycles. The van der Waals surface area contributed by atoms with Gasteiger partial charge in [-0.15, -0.1) is 0 Å². The summed E-state index contributed by atoms with van der Waals surface area (Å²) in [7, 11) is 1.65. The van der Waals surface area contributed by atoms with E-state index in [1.54, 1.807) is 36.3 Å². The predicted molar refractivity (Wildman–Crippen MR) is 92.1 cm³/mol. The fourth-order valence-corrected chi connectivity index (χ4v) is 3.89. The summed E-state index contributed by atoms with van der Waals surface area (Å²) in [6, 6.07) is 6.92. The summed E-state index contributed by atoms with van der Waals surface area (Å²) in [4.78, 5) is 29.3. The Morgan fingerprint density at radius 2 is 2.00 bits per heavy atom. The van der Waals surface area contributed by atoms with Crippen LogP contribution in [-0.2, 0) is 9.53 Å².